The molecule has 1 aromatic rings. The molecule has 10 heteroatoms. The molecule has 1 amide bonds. The maximum atomic E-state index is 12.5. The molecule has 3 N–H and O–H groups in total. The van der Waals surface area contributed by atoms with E-state index < -0.39 is 30.8 Å². The van der Waals surface area contributed by atoms with Gasteiger partial charge < -0.3 is 25.3 Å². The van der Waals surface area contributed by atoms with Gasteiger partial charge in [-0.3, -0.25) is 4.79 Å². The Balaban J connectivity index is 2.17. The van der Waals surface area contributed by atoms with Gasteiger partial charge in [0.05, 0.1) is 24.5 Å². The summed E-state index contributed by atoms with van der Waals surface area (Å²) in [4.78, 5) is 23.8. The standard InChI is InChI=1S/C16H19F3N2O5/c1-24-15(23)9-2-4-11(13(6-9)25-8-16(17,18)19)21-14(22)12-5-3-10(7-20)26-12/h2,4,6,10,12H,3,5,7-8,20H2,1H3,(H,21,22)/t10-,12+/m1/s1. The Labute approximate surface area is 147 Å². The van der Waals surface area contributed by atoms with Gasteiger partial charge in [-0.25, -0.2) is 4.79 Å². The highest BCUT2D eigenvalue weighted by atomic mass is 19.4. The fourth-order valence-corrected chi connectivity index (χ4v) is 2.43. The summed E-state index contributed by atoms with van der Waals surface area (Å²) in [6.07, 6.45) is -4.49. The minimum atomic E-state index is -4.58. The Bertz CT molecular complexity index is 666. The van der Waals surface area contributed by atoms with Crippen LogP contribution in [0.2, 0.25) is 0 Å². The third kappa shape index (κ3) is 5.33. The van der Waals surface area contributed by atoms with E-state index >= 15 is 0 Å². The molecule has 0 spiro atoms. The van der Waals surface area contributed by atoms with Crippen molar-refractivity contribution in [3.8, 4) is 5.75 Å². The number of hydrogen-bond acceptors (Lipinski definition) is 6. The lowest BCUT2D eigenvalue weighted by atomic mass is 10.1. The van der Waals surface area contributed by atoms with Crippen LogP contribution in [0.3, 0.4) is 0 Å². The first-order valence-corrected chi connectivity index (χ1v) is 7.82. The van der Waals surface area contributed by atoms with Gasteiger partial charge in [-0.15, -0.1) is 0 Å². The number of methoxy groups -OCH3 is 1. The number of amides is 1. The summed E-state index contributed by atoms with van der Waals surface area (Å²) in [7, 11) is 1.14. The van der Waals surface area contributed by atoms with Crippen LogP contribution in [-0.2, 0) is 14.3 Å². The van der Waals surface area contributed by atoms with Crippen molar-refractivity contribution in [3.05, 3.63) is 23.8 Å². The van der Waals surface area contributed by atoms with Crippen LogP contribution in [0.15, 0.2) is 18.2 Å². The van der Waals surface area contributed by atoms with Crippen molar-refractivity contribution in [2.45, 2.75) is 31.2 Å². The van der Waals surface area contributed by atoms with Crippen LogP contribution in [0.1, 0.15) is 23.2 Å². The van der Waals surface area contributed by atoms with Gasteiger partial charge >= 0.3 is 12.1 Å². The molecular weight excluding hydrogens is 357 g/mol. The third-order valence-electron chi connectivity index (χ3n) is 3.71. The molecule has 0 radical (unpaired) electrons. The predicted octanol–water partition coefficient (Wildman–Crippen LogP) is 1.86. The maximum absolute atomic E-state index is 12.5. The van der Waals surface area contributed by atoms with Gasteiger partial charge in [0.1, 0.15) is 11.9 Å². The zero-order valence-corrected chi connectivity index (χ0v) is 14.0. The van der Waals surface area contributed by atoms with Crippen LogP contribution in [-0.4, -0.2) is 50.5 Å². The van der Waals surface area contributed by atoms with Gasteiger partial charge in [-0.2, -0.15) is 13.2 Å². The lowest BCUT2D eigenvalue weighted by molar-refractivity contribution is -0.153. The first kappa shape index (κ1) is 20.0. The lowest BCUT2D eigenvalue weighted by Crippen LogP contribution is -2.30. The summed E-state index contributed by atoms with van der Waals surface area (Å²) in [5.74, 6) is -1.57. The fourth-order valence-electron chi connectivity index (χ4n) is 2.43. The van der Waals surface area contributed by atoms with E-state index in [0.29, 0.717) is 12.8 Å². The molecule has 0 bridgehead atoms. The van der Waals surface area contributed by atoms with Crippen molar-refractivity contribution in [2.24, 2.45) is 5.73 Å². The predicted molar refractivity (Wildman–Crippen MR) is 84.9 cm³/mol. The minimum Gasteiger partial charge on any atom is -0.482 e. The van der Waals surface area contributed by atoms with Crippen LogP contribution in [0.5, 0.6) is 5.75 Å². The van der Waals surface area contributed by atoms with E-state index in [1.807, 2.05) is 0 Å². The molecule has 26 heavy (non-hydrogen) atoms. The molecule has 0 saturated carbocycles. The molecular formula is C16H19F3N2O5. The number of ether oxygens (including phenoxy) is 3. The Morgan fingerprint density at radius 2 is 2.08 bits per heavy atom. The van der Waals surface area contributed by atoms with Crippen molar-refractivity contribution in [3.63, 3.8) is 0 Å². The normalized spacial score (nSPS) is 19.9. The highest BCUT2D eigenvalue weighted by Gasteiger charge is 2.31. The fraction of sp³-hybridized carbons (Fsp3) is 0.500. The number of nitrogens with one attached hydrogen (secondary N) is 1. The summed E-state index contributed by atoms with van der Waals surface area (Å²) in [6, 6.07) is 3.65. The van der Waals surface area contributed by atoms with Crippen molar-refractivity contribution >= 4 is 17.6 Å². The second-order valence-corrected chi connectivity index (χ2v) is 5.66. The Kier molecular flexibility index (Phi) is 6.43. The molecule has 2 atom stereocenters. The second-order valence-electron chi connectivity index (χ2n) is 5.66. The molecule has 1 saturated heterocycles. The number of hydrogen-bond donors (Lipinski definition) is 2. The number of anilines is 1. The van der Waals surface area contributed by atoms with Crippen LogP contribution >= 0.6 is 0 Å². The number of benzene rings is 1. The van der Waals surface area contributed by atoms with Crippen LogP contribution < -0.4 is 15.8 Å². The molecule has 144 valence electrons. The summed E-state index contributed by atoms with van der Waals surface area (Å²) in [5.41, 5.74) is 5.47. The Hall–Kier alpha value is -2.33. The van der Waals surface area contributed by atoms with Gasteiger partial charge in [-0.05, 0) is 31.0 Å². The van der Waals surface area contributed by atoms with Gasteiger partial charge in [0.15, 0.2) is 6.61 Å². The number of halogens is 3. The van der Waals surface area contributed by atoms with Gasteiger partial charge in [0, 0.05) is 6.54 Å². The molecule has 0 aliphatic carbocycles. The van der Waals surface area contributed by atoms with Crippen molar-refractivity contribution < 1.29 is 37.0 Å². The largest absolute Gasteiger partial charge is 0.482 e. The topological polar surface area (TPSA) is 99.9 Å². The Morgan fingerprint density at radius 3 is 2.65 bits per heavy atom. The number of alkyl halides is 3. The van der Waals surface area contributed by atoms with E-state index in [0.717, 1.165) is 13.2 Å². The molecule has 1 aromatic carbocycles. The molecule has 0 aromatic heterocycles. The van der Waals surface area contributed by atoms with Crippen molar-refractivity contribution in [2.75, 3.05) is 25.6 Å². The van der Waals surface area contributed by atoms with Gasteiger partial charge in [0.2, 0.25) is 0 Å². The SMILES string of the molecule is COC(=O)c1ccc(NC(=O)[C@@H]2CC[C@H](CN)O2)c(OCC(F)(F)F)c1. The van der Waals surface area contributed by atoms with E-state index in [4.69, 9.17) is 15.2 Å². The number of carbonyl (C=O) groups excluding carboxylic acids is 2. The zero-order chi connectivity index (χ0) is 19.3. The maximum Gasteiger partial charge on any atom is 0.422 e. The quantitative estimate of drug-likeness (QED) is 0.735. The lowest BCUT2D eigenvalue weighted by Gasteiger charge is -2.17. The first-order chi connectivity index (χ1) is 12.2. The van der Waals surface area contributed by atoms with E-state index in [1.165, 1.54) is 12.1 Å². The van der Waals surface area contributed by atoms with E-state index in [9.17, 15) is 22.8 Å². The third-order valence-corrected chi connectivity index (χ3v) is 3.71. The molecule has 2 rings (SSSR count). The van der Waals surface area contributed by atoms with Crippen molar-refractivity contribution in [1.82, 2.24) is 0 Å². The van der Waals surface area contributed by atoms with Crippen LogP contribution in [0, 0.1) is 0 Å². The van der Waals surface area contributed by atoms with Crippen molar-refractivity contribution in [1.29, 1.82) is 0 Å². The highest BCUT2D eigenvalue weighted by molar-refractivity contribution is 5.97. The minimum absolute atomic E-state index is 0.00768. The summed E-state index contributed by atoms with van der Waals surface area (Å²) in [6.45, 7) is -1.30. The highest BCUT2D eigenvalue weighted by Crippen LogP contribution is 2.29. The monoisotopic (exact) mass is 376 g/mol. The number of esters is 1. The number of rotatable bonds is 6. The molecule has 1 fully saturated rings. The van der Waals surface area contributed by atoms with Gasteiger partial charge in [0.25, 0.3) is 5.91 Å². The smallest absolute Gasteiger partial charge is 0.422 e. The molecule has 0 unspecified atom stereocenters. The van der Waals surface area contributed by atoms with Gasteiger partial charge in [-0.1, -0.05) is 0 Å². The van der Waals surface area contributed by atoms with E-state index in [-0.39, 0.29) is 29.6 Å². The molecule has 1 aliphatic heterocycles. The van der Waals surface area contributed by atoms with E-state index in [1.54, 1.807) is 0 Å². The molecule has 1 aliphatic rings. The molecule has 1 heterocycles. The number of nitrogens with two attached hydrogens (primary N) is 1. The van der Waals surface area contributed by atoms with Crippen LogP contribution in [0.4, 0.5) is 18.9 Å². The van der Waals surface area contributed by atoms with Crippen LogP contribution in [0.25, 0.3) is 0 Å². The first-order valence-electron chi connectivity index (χ1n) is 7.82. The van der Waals surface area contributed by atoms with E-state index in [2.05, 4.69) is 10.1 Å². The summed E-state index contributed by atoms with van der Waals surface area (Å²) >= 11 is 0. The average Bonchev–Trinajstić information content (AvgIpc) is 3.08. The molecule has 7 nitrogen and oxygen atoms in total. The average molecular weight is 376 g/mol. The summed E-state index contributed by atoms with van der Waals surface area (Å²) in [5, 5.41) is 2.47. The Morgan fingerprint density at radius 1 is 1.35 bits per heavy atom. The number of carbonyl (C=O) groups is 2. The second kappa shape index (κ2) is 8.37. The zero-order valence-electron chi connectivity index (χ0n) is 14.0. The summed E-state index contributed by atoms with van der Waals surface area (Å²) < 4.78 is 52.1.